The molecule has 0 bridgehead atoms. The van der Waals surface area contributed by atoms with Gasteiger partial charge in [0.2, 0.25) is 5.43 Å². The van der Waals surface area contributed by atoms with E-state index in [4.69, 9.17) is 4.42 Å². The number of hydrogen-bond donors (Lipinski definition) is 0. The fraction of sp³-hybridized carbons (Fsp3) is 0.0588. The molecule has 0 radical (unpaired) electrons. The number of hydrogen-bond acceptors (Lipinski definition) is 3. The molecule has 0 aliphatic heterocycles. The van der Waals surface area contributed by atoms with E-state index in [2.05, 4.69) is 0 Å². The van der Waals surface area contributed by atoms with E-state index in [1.165, 1.54) is 6.26 Å². The second kappa shape index (κ2) is 4.78. The molecule has 1 heterocycles. The van der Waals surface area contributed by atoms with Crippen molar-refractivity contribution < 1.29 is 9.21 Å². The summed E-state index contributed by atoms with van der Waals surface area (Å²) in [5.74, 6) is -0.318. The monoisotopic (exact) mass is 264 g/mol. The SMILES string of the molecule is Cc1ccc2c(=O)c(C(=O)c3ccccc3)coc2c1. The zero-order chi connectivity index (χ0) is 14.1. The molecule has 0 spiro atoms. The standard InChI is InChI=1S/C17H12O3/c1-11-7-8-13-15(9-11)20-10-14(17(13)19)16(18)12-5-3-2-4-6-12/h2-10H,1H3. The first-order valence-electron chi connectivity index (χ1n) is 6.29. The Balaban J connectivity index is 2.19. The molecule has 20 heavy (non-hydrogen) atoms. The molecule has 3 aromatic rings. The smallest absolute Gasteiger partial charge is 0.203 e. The molecule has 3 rings (SSSR count). The van der Waals surface area contributed by atoms with E-state index >= 15 is 0 Å². The molecule has 3 nitrogen and oxygen atoms in total. The first kappa shape index (κ1) is 12.4. The van der Waals surface area contributed by atoms with Gasteiger partial charge in [0.15, 0.2) is 5.78 Å². The maximum atomic E-state index is 12.4. The van der Waals surface area contributed by atoms with Crippen molar-refractivity contribution in [3.05, 3.63) is 81.7 Å². The van der Waals surface area contributed by atoms with Gasteiger partial charge in [-0.05, 0) is 24.6 Å². The zero-order valence-electron chi connectivity index (χ0n) is 10.9. The van der Waals surface area contributed by atoms with Crippen molar-refractivity contribution in [2.75, 3.05) is 0 Å². The molecule has 2 aromatic carbocycles. The third-order valence-electron chi connectivity index (χ3n) is 3.21. The molecule has 0 N–H and O–H groups in total. The van der Waals surface area contributed by atoms with Crippen LogP contribution in [0, 0.1) is 6.92 Å². The molecule has 0 aliphatic carbocycles. The molecule has 0 aliphatic rings. The van der Waals surface area contributed by atoms with Crippen LogP contribution in [0.3, 0.4) is 0 Å². The predicted octanol–water partition coefficient (Wildman–Crippen LogP) is 3.33. The van der Waals surface area contributed by atoms with E-state index in [0.717, 1.165) is 5.56 Å². The number of ketones is 1. The van der Waals surface area contributed by atoms with Crippen molar-refractivity contribution in [1.29, 1.82) is 0 Å². The molecule has 0 saturated heterocycles. The van der Waals surface area contributed by atoms with Crippen LogP contribution < -0.4 is 5.43 Å². The van der Waals surface area contributed by atoms with Gasteiger partial charge in [-0.2, -0.15) is 0 Å². The summed E-state index contributed by atoms with van der Waals surface area (Å²) in [7, 11) is 0. The number of fused-ring (bicyclic) bond motifs is 1. The maximum absolute atomic E-state index is 12.4. The first-order chi connectivity index (χ1) is 9.66. The van der Waals surface area contributed by atoms with Crippen LogP contribution in [0.4, 0.5) is 0 Å². The van der Waals surface area contributed by atoms with Crippen molar-refractivity contribution in [3.8, 4) is 0 Å². The minimum Gasteiger partial charge on any atom is -0.463 e. The lowest BCUT2D eigenvalue weighted by atomic mass is 10.0. The fourth-order valence-electron chi connectivity index (χ4n) is 2.14. The van der Waals surface area contributed by atoms with Gasteiger partial charge in [0.05, 0.1) is 5.39 Å². The molecule has 98 valence electrons. The Bertz CT molecular complexity index is 845. The molecule has 0 unspecified atom stereocenters. The average molecular weight is 264 g/mol. The van der Waals surface area contributed by atoms with Crippen LogP contribution in [0.25, 0.3) is 11.0 Å². The van der Waals surface area contributed by atoms with Crippen LogP contribution in [0.5, 0.6) is 0 Å². The lowest BCUT2D eigenvalue weighted by Crippen LogP contribution is -2.15. The molecular weight excluding hydrogens is 252 g/mol. The van der Waals surface area contributed by atoms with E-state index in [0.29, 0.717) is 16.5 Å². The van der Waals surface area contributed by atoms with Crippen LogP contribution in [0.15, 0.2) is 64.0 Å². The van der Waals surface area contributed by atoms with Gasteiger partial charge in [-0.3, -0.25) is 9.59 Å². The summed E-state index contributed by atoms with van der Waals surface area (Å²) >= 11 is 0. The molecule has 0 fully saturated rings. The van der Waals surface area contributed by atoms with Gasteiger partial charge in [-0.15, -0.1) is 0 Å². The highest BCUT2D eigenvalue weighted by Crippen LogP contribution is 2.15. The van der Waals surface area contributed by atoms with E-state index in [1.54, 1.807) is 36.4 Å². The van der Waals surface area contributed by atoms with Crippen molar-refractivity contribution in [3.63, 3.8) is 0 Å². The summed E-state index contributed by atoms with van der Waals surface area (Å²) < 4.78 is 5.43. The Kier molecular flexibility index (Phi) is 2.95. The summed E-state index contributed by atoms with van der Waals surface area (Å²) in [6, 6.07) is 14.0. The number of aryl methyl sites for hydroxylation is 1. The zero-order valence-corrected chi connectivity index (χ0v) is 10.9. The number of rotatable bonds is 2. The summed E-state index contributed by atoms with van der Waals surface area (Å²) in [6.45, 7) is 1.92. The number of carbonyl (C=O) groups excluding carboxylic acids is 1. The number of benzene rings is 2. The Morgan fingerprint density at radius 1 is 1.05 bits per heavy atom. The van der Waals surface area contributed by atoms with E-state index in [9.17, 15) is 9.59 Å². The van der Waals surface area contributed by atoms with Gasteiger partial charge < -0.3 is 4.42 Å². The van der Waals surface area contributed by atoms with Gasteiger partial charge in [0.25, 0.3) is 0 Å². The van der Waals surface area contributed by atoms with Crippen LogP contribution >= 0.6 is 0 Å². The topological polar surface area (TPSA) is 47.3 Å². The first-order valence-corrected chi connectivity index (χ1v) is 6.29. The summed E-state index contributed by atoms with van der Waals surface area (Å²) in [6.07, 6.45) is 1.25. The highest BCUT2D eigenvalue weighted by atomic mass is 16.3. The van der Waals surface area contributed by atoms with Crippen molar-refractivity contribution >= 4 is 16.8 Å². The molecular formula is C17H12O3. The van der Waals surface area contributed by atoms with E-state index in [-0.39, 0.29) is 16.8 Å². The van der Waals surface area contributed by atoms with E-state index < -0.39 is 0 Å². The quantitative estimate of drug-likeness (QED) is 0.667. The molecule has 0 atom stereocenters. The maximum Gasteiger partial charge on any atom is 0.203 e. The highest BCUT2D eigenvalue weighted by molar-refractivity contribution is 6.09. The third-order valence-corrected chi connectivity index (χ3v) is 3.21. The van der Waals surface area contributed by atoms with Gasteiger partial charge in [-0.1, -0.05) is 36.4 Å². The molecule has 1 aromatic heterocycles. The minimum absolute atomic E-state index is 0.0625. The van der Waals surface area contributed by atoms with Gasteiger partial charge in [0, 0.05) is 5.56 Å². The van der Waals surface area contributed by atoms with Crippen LogP contribution in [-0.4, -0.2) is 5.78 Å². The van der Waals surface area contributed by atoms with Crippen molar-refractivity contribution in [1.82, 2.24) is 0 Å². The Morgan fingerprint density at radius 3 is 2.55 bits per heavy atom. The lowest BCUT2D eigenvalue weighted by molar-refractivity contribution is 0.103. The summed E-state index contributed by atoms with van der Waals surface area (Å²) in [4.78, 5) is 24.7. The summed E-state index contributed by atoms with van der Waals surface area (Å²) in [5.41, 5.74) is 1.75. The van der Waals surface area contributed by atoms with Crippen molar-refractivity contribution in [2.45, 2.75) is 6.92 Å². The van der Waals surface area contributed by atoms with Gasteiger partial charge >= 0.3 is 0 Å². The normalized spacial score (nSPS) is 10.7. The highest BCUT2D eigenvalue weighted by Gasteiger charge is 2.15. The van der Waals surface area contributed by atoms with Crippen LogP contribution in [0.2, 0.25) is 0 Å². The van der Waals surface area contributed by atoms with Gasteiger partial charge in [0.1, 0.15) is 17.4 Å². The molecule has 0 saturated carbocycles. The predicted molar refractivity (Wildman–Crippen MR) is 77.1 cm³/mol. The van der Waals surface area contributed by atoms with Crippen molar-refractivity contribution in [2.24, 2.45) is 0 Å². The Labute approximate surface area is 115 Å². The average Bonchev–Trinajstić information content (AvgIpc) is 2.48. The van der Waals surface area contributed by atoms with E-state index in [1.807, 2.05) is 19.1 Å². The Morgan fingerprint density at radius 2 is 1.80 bits per heavy atom. The summed E-state index contributed by atoms with van der Waals surface area (Å²) in [5, 5.41) is 0.428. The minimum atomic E-state index is -0.318. The van der Waals surface area contributed by atoms with Crippen LogP contribution in [0.1, 0.15) is 21.5 Å². The fourth-order valence-corrected chi connectivity index (χ4v) is 2.14. The lowest BCUT2D eigenvalue weighted by Gasteiger charge is -2.02. The second-order valence-electron chi connectivity index (χ2n) is 4.67. The van der Waals surface area contributed by atoms with Gasteiger partial charge in [-0.25, -0.2) is 0 Å². The number of carbonyl (C=O) groups is 1. The van der Waals surface area contributed by atoms with Crippen LogP contribution in [-0.2, 0) is 0 Å². The third kappa shape index (κ3) is 2.03. The molecule has 0 amide bonds. The largest absolute Gasteiger partial charge is 0.463 e. The molecule has 3 heteroatoms. The Hall–Kier alpha value is -2.68. The second-order valence-corrected chi connectivity index (χ2v) is 4.67.